The van der Waals surface area contributed by atoms with Gasteiger partial charge in [-0.1, -0.05) is 39.0 Å². The minimum Gasteiger partial charge on any atom is -0.479 e. The Kier molecular flexibility index (Phi) is 4.38. The maximum atomic E-state index is 12.7. The highest BCUT2D eigenvalue weighted by Gasteiger charge is 2.37. The van der Waals surface area contributed by atoms with Gasteiger partial charge >= 0.3 is 5.97 Å². The first-order valence-electron chi connectivity index (χ1n) is 8.55. The van der Waals surface area contributed by atoms with Crippen LogP contribution in [0.2, 0.25) is 0 Å². The fraction of sp³-hybridized carbons (Fsp3) is 0.579. The predicted molar refractivity (Wildman–Crippen MR) is 89.8 cm³/mol. The number of fused-ring (bicyclic) bond motifs is 1. The van der Waals surface area contributed by atoms with Gasteiger partial charge < -0.3 is 14.7 Å². The second-order valence-corrected chi connectivity index (χ2v) is 7.77. The molecule has 3 rings (SSSR count). The molecule has 1 amide bonds. The molecule has 2 aliphatic rings. The molecule has 2 aliphatic heterocycles. The third-order valence-electron chi connectivity index (χ3n) is 4.97. The molecule has 0 radical (unpaired) electrons. The van der Waals surface area contributed by atoms with Crippen LogP contribution in [0.15, 0.2) is 18.2 Å². The van der Waals surface area contributed by atoms with Crippen molar-refractivity contribution in [3.63, 3.8) is 0 Å². The van der Waals surface area contributed by atoms with Crippen LogP contribution < -0.4 is 0 Å². The Morgan fingerprint density at radius 3 is 2.50 bits per heavy atom. The lowest BCUT2D eigenvalue weighted by Crippen LogP contribution is -2.42. The smallest absolute Gasteiger partial charge is 0.332 e. The van der Waals surface area contributed by atoms with Gasteiger partial charge in [-0.05, 0) is 41.4 Å². The molecule has 0 aromatic heterocycles. The molecule has 5 nitrogen and oxygen atoms in total. The first-order chi connectivity index (χ1) is 11.3. The van der Waals surface area contributed by atoms with Crippen molar-refractivity contribution in [3.8, 4) is 0 Å². The summed E-state index contributed by atoms with van der Waals surface area (Å²) in [7, 11) is 0. The highest BCUT2D eigenvalue weighted by Crippen LogP contribution is 2.29. The number of ether oxygens (including phenoxy) is 1. The molecule has 2 atom stereocenters. The molecule has 130 valence electrons. The predicted octanol–water partition coefficient (Wildman–Crippen LogP) is 2.50. The number of hydrogen-bond acceptors (Lipinski definition) is 3. The quantitative estimate of drug-likeness (QED) is 0.904. The van der Waals surface area contributed by atoms with Gasteiger partial charge in [0, 0.05) is 13.1 Å². The topological polar surface area (TPSA) is 66.8 Å². The highest BCUT2D eigenvalue weighted by molar-refractivity contribution is 5.83. The number of carboxylic acids is 1. The molecule has 1 fully saturated rings. The summed E-state index contributed by atoms with van der Waals surface area (Å²) in [6.45, 7) is 7.78. The largest absolute Gasteiger partial charge is 0.479 e. The monoisotopic (exact) mass is 331 g/mol. The standard InChI is InChI=1S/C19H25NO4/c1-19(2,3)14-5-4-12-8-9-20(11-13(12)10-14)17(21)15-6-7-16(24-15)18(22)23/h4-5,10,15-16H,6-9,11H2,1-3H3,(H,22,23)/t15-,16+/m0/s1. The van der Waals surface area contributed by atoms with Crippen LogP contribution in [0.25, 0.3) is 0 Å². The Bertz CT molecular complexity index is 662. The van der Waals surface area contributed by atoms with E-state index in [0.717, 1.165) is 6.42 Å². The molecular weight excluding hydrogens is 306 g/mol. The first-order valence-corrected chi connectivity index (χ1v) is 8.55. The Morgan fingerprint density at radius 1 is 1.17 bits per heavy atom. The average molecular weight is 331 g/mol. The van der Waals surface area contributed by atoms with Crippen molar-refractivity contribution in [2.24, 2.45) is 0 Å². The normalized spacial score (nSPS) is 23.9. The number of carboxylic acid groups (broad SMARTS) is 1. The summed E-state index contributed by atoms with van der Waals surface area (Å²) in [5.74, 6) is -1.06. The molecular formula is C19H25NO4. The van der Waals surface area contributed by atoms with Gasteiger partial charge in [-0.2, -0.15) is 0 Å². The van der Waals surface area contributed by atoms with E-state index in [9.17, 15) is 9.59 Å². The van der Waals surface area contributed by atoms with E-state index in [1.54, 1.807) is 0 Å². The van der Waals surface area contributed by atoms with E-state index in [4.69, 9.17) is 9.84 Å². The summed E-state index contributed by atoms with van der Waals surface area (Å²) in [6.07, 6.45) is 0.272. The summed E-state index contributed by atoms with van der Waals surface area (Å²) < 4.78 is 5.41. The van der Waals surface area contributed by atoms with Crippen LogP contribution in [-0.4, -0.2) is 40.6 Å². The molecule has 1 aromatic carbocycles. The van der Waals surface area contributed by atoms with E-state index in [-0.39, 0.29) is 11.3 Å². The van der Waals surface area contributed by atoms with Crippen LogP contribution in [-0.2, 0) is 32.7 Å². The number of nitrogens with zero attached hydrogens (tertiary/aromatic N) is 1. The minimum absolute atomic E-state index is 0.0740. The van der Waals surface area contributed by atoms with Crippen LogP contribution in [0.1, 0.15) is 50.3 Å². The van der Waals surface area contributed by atoms with E-state index in [2.05, 4.69) is 39.0 Å². The molecule has 0 spiro atoms. The number of amides is 1. The van der Waals surface area contributed by atoms with Crippen LogP contribution in [0.5, 0.6) is 0 Å². The third-order valence-corrected chi connectivity index (χ3v) is 4.97. The highest BCUT2D eigenvalue weighted by atomic mass is 16.5. The van der Waals surface area contributed by atoms with Gasteiger partial charge in [0.05, 0.1) is 0 Å². The molecule has 2 heterocycles. The molecule has 5 heteroatoms. The maximum Gasteiger partial charge on any atom is 0.332 e. The Balaban J connectivity index is 1.72. The van der Waals surface area contributed by atoms with Crippen molar-refractivity contribution in [2.75, 3.05) is 6.54 Å². The molecule has 0 aliphatic carbocycles. The van der Waals surface area contributed by atoms with E-state index in [1.807, 2.05) is 4.90 Å². The van der Waals surface area contributed by atoms with Crippen molar-refractivity contribution in [2.45, 2.75) is 64.2 Å². The van der Waals surface area contributed by atoms with Crippen molar-refractivity contribution in [1.29, 1.82) is 0 Å². The van der Waals surface area contributed by atoms with Crippen LogP contribution in [0, 0.1) is 0 Å². The zero-order valence-electron chi connectivity index (χ0n) is 14.5. The minimum atomic E-state index is -0.982. The molecule has 1 aromatic rings. The fourth-order valence-electron chi connectivity index (χ4n) is 3.42. The second-order valence-electron chi connectivity index (χ2n) is 7.77. The summed E-state index contributed by atoms with van der Waals surface area (Å²) >= 11 is 0. The van der Waals surface area contributed by atoms with Gasteiger partial charge in [0.2, 0.25) is 0 Å². The molecule has 0 bridgehead atoms. The molecule has 1 N–H and O–H groups in total. The molecule has 0 saturated carbocycles. The lowest BCUT2D eigenvalue weighted by atomic mass is 9.84. The average Bonchev–Trinajstić information content (AvgIpc) is 3.02. The number of carbonyl (C=O) groups excluding carboxylic acids is 1. The molecule has 1 saturated heterocycles. The van der Waals surface area contributed by atoms with Gasteiger partial charge in [0.25, 0.3) is 5.91 Å². The van der Waals surface area contributed by atoms with Crippen molar-refractivity contribution >= 4 is 11.9 Å². The number of aliphatic carboxylic acids is 1. The third kappa shape index (κ3) is 3.31. The summed E-state index contributed by atoms with van der Waals surface area (Å²) in [5, 5.41) is 9.01. The van der Waals surface area contributed by atoms with E-state index >= 15 is 0 Å². The Morgan fingerprint density at radius 2 is 1.88 bits per heavy atom. The number of carbonyl (C=O) groups is 2. The summed E-state index contributed by atoms with van der Waals surface area (Å²) in [6, 6.07) is 6.54. The van der Waals surface area contributed by atoms with Crippen molar-refractivity contribution < 1.29 is 19.4 Å². The number of hydrogen-bond donors (Lipinski definition) is 1. The van der Waals surface area contributed by atoms with Gasteiger partial charge in [-0.25, -0.2) is 4.79 Å². The SMILES string of the molecule is CC(C)(C)c1ccc2c(c1)CN(C(=O)[C@@H]1CC[C@H](C(=O)O)O1)CC2. The zero-order chi connectivity index (χ0) is 17.5. The molecule has 24 heavy (non-hydrogen) atoms. The van der Waals surface area contributed by atoms with E-state index < -0.39 is 18.2 Å². The second kappa shape index (κ2) is 6.20. The summed E-state index contributed by atoms with van der Waals surface area (Å²) in [4.78, 5) is 25.5. The van der Waals surface area contributed by atoms with Gasteiger partial charge in [0.1, 0.15) is 6.10 Å². The van der Waals surface area contributed by atoms with Gasteiger partial charge in [-0.15, -0.1) is 0 Å². The van der Waals surface area contributed by atoms with Crippen molar-refractivity contribution in [3.05, 3.63) is 34.9 Å². The van der Waals surface area contributed by atoms with Gasteiger partial charge in [-0.3, -0.25) is 4.79 Å². The van der Waals surface area contributed by atoms with E-state index in [0.29, 0.717) is 25.9 Å². The van der Waals surface area contributed by atoms with Crippen LogP contribution >= 0.6 is 0 Å². The lowest BCUT2D eigenvalue weighted by molar-refractivity contribution is -0.155. The van der Waals surface area contributed by atoms with Crippen molar-refractivity contribution in [1.82, 2.24) is 4.90 Å². The number of rotatable bonds is 2. The zero-order valence-corrected chi connectivity index (χ0v) is 14.5. The number of benzene rings is 1. The Labute approximate surface area is 142 Å². The van der Waals surface area contributed by atoms with Crippen LogP contribution in [0.3, 0.4) is 0 Å². The fourth-order valence-corrected chi connectivity index (χ4v) is 3.42. The molecule has 0 unspecified atom stereocenters. The van der Waals surface area contributed by atoms with Crippen LogP contribution in [0.4, 0.5) is 0 Å². The van der Waals surface area contributed by atoms with E-state index in [1.165, 1.54) is 16.7 Å². The maximum absolute atomic E-state index is 12.7. The van der Waals surface area contributed by atoms with Gasteiger partial charge in [0.15, 0.2) is 6.10 Å². The lowest BCUT2D eigenvalue weighted by Gasteiger charge is -2.32. The first kappa shape index (κ1) is 17.0. The summed E-state index contributed by atoms with van der Waals surface area (Å²) in [5.41, 5.74) is 3.82. The Hall–Kier alpha value is -1.88.